The molecule has 0 radical (unpaired) electrons. The molecule has 2 aromatic heterocycles. The molecule has 0 amide bonds. The van der Waals surface area contributed by atoms with Crippen LogP contribution < -0.4 is 4.72 Å². The van der Waals surface area contributed by atoms with E-state index in [-0.39, 0.29) is 11.0 Å². The Hall–Kier alpha value is -1.97. The Morgan fingerprint density at radius 3 is 2.60 bits per heavy atom. The van der Waals surface area contributed by atoms with Gasteiger partial charge in [-0.15, -0.1) is 11.3 Å². The average molecular weight is 394 g/mol. The van der Waals surface area contributed by atoms with E-state index in [0.29, 0.717) is 11.3 Å². The molecule has 0 aliphatic heterocycles. The van der Waals surface area contributed by atoms with E-state index in [1.807, 2.05) is 18.4 Å². The van der Waals surface area contributed by atoms with Gasteiger partial charge in [0.25, 0.3) is 0 Å². The zero-order valence-corrected chi connectivity index (χ0v) is 15.9. The van der Waals surface area contributed by atoms with E-state index in [1.165, 1.54) is 29.4 Å². The van der Waals surface area contributed by atoms with Gasteiger partial charge in [0.2, 0.25) is 10.0 Å². The second-order valence-corrected chi connectivity index (χ2v) is 9.37. The number of ketones is 1. The Balaban J connectivity index is 1.75. The van der Waals surface area contributed by atoms with Crippen LogP contribution in [0.25, 0.3) is 10.2 Å². The van der Waals surface area contributed by atoms with Crippen molar-refractivity contribution in [3.05, 3.63) is 47.6 Å². The second-order valence-electron chi connectivity index (χ2n) is 5.39. The molecule has 0 spiro atoms. The molecular weight excluding hydrogens is 378 g/mol. The first kappa shape index (κ1) is 17.8. The number of nitrogens with one attached hydrogen (secondary N) is 1. The van der Waals surface area contributed by atoms with Crippen LogP contribution in [0.5, 0.6) is 0 Å². The summed E-state index contributed by atoms with van der Waals surface area (Å²) in [5.41, 5.74) is 0.949. The number of thioether (sulfide) groups is 1. The van der Waals surface area contributed by atoms with Gasteiger partial charge in [0.15, 0.2) is 5.78 Å². The first-order valence-corrected chi connectivity index (χ1v) is 11.0. The fourth-order valence-corrected chi connectivity index (χ4v) is 4.57. The summed E-state index contributed by atoms with van der Waals surface area (Å²) >= 11 is 2.92. The molecule has 9 heteroatoms. The van der Waals surface area contributed by atoms with Crippen molar-refractivity contribution in [2.24, 2.45) is 0 Å². The molecular formula is C16H15N3O3S3. The predicted molar refractivity (Wildman–Crippen MR) is 102 cm³/mol. The number of hydrogen-bond donors (Lipinski definition) is 1. The summed E-state index contributed by atoms with van der Waals surface area (Å²) in [7, 11) is -3.33. The van der Waals surface area contributed by atoms with E-state index in [0.717, 1.165) is 21.5 Å². The highest BCUT2D eigenvalue weighted by molar-refractivity contribution is 8.00. The quantitative estimate of drug-likeness (QED) is 0.392. The maximum atomic E-state index is 12.6. The fraction of sp³-hybridized carbons (Fsp3) is 0.188. The van der Waals surface area contributed by atoms with Gasteiger partial charge < -0.3 is 0 Å². The number of thiophene rings is 1. The number of anilines is 1. The van der Waals surface area contributed by atoms with Gasteiger partial charge in [0.05, 0.1) is 11.5 Å². The van der Waals surface area contributed by atoms with Crippen molar-refractivity contribution < 1.29 is 13.2 Å². The van der Waals surface area contributed by atoms with Crippen LogP contribution in [0.3, 0.4) is 0 Å². The number of sulfonamides is 1. The number of hydrogen-bond acceptors (Lipinski definition) is 7. The van der Waals surface area contributed by atoms with Crippen molar-refractivity contribution in [3.63, 3.8) is 0 Å². The lowest BCUT2D eigenvalue weighted by molar-refractivity contribution is 0.0994. The van der Waals surface area contributed by atoms with Crippen molar-refractivity contribution in [3.8, 4) is 0 Å². The molecule has 3 aromatic rings. The van der Waals surface area contributed by atoms with Crippen LogP contribution in [0.4, 0.5) is 5.69 Å². The smallest absolute Gasteiger partial charge is 0.229 e. The van der Waals surface area contributed by atoms with Gasteiger partial charge in [-0.1, -0.05) is 11.8 Å². The van der Waals surface area contributed by atoms with Crippen molar-refractivity contribution in [1.29, 1.82) is 0 Å². The molecule has 1 aromatic carbocycles. The molecule has 0 saturated heterocycles. The van der Waals surface area contributed by atoms with Crippen molar-refractivity contribution in [1.82, 2.24) is 9.97 Å². The normalized spacial score (nSPS) is 12.9. The third-order valence-electron chi connectivity index (χ3n) is 3.36. The van der Waals surface area contributed by atoms with Crippen LogP contribution in [-0.2, 0) is 10.0 Å². The van der Waals surface area contributed by atoms with E-state index >= 15 is 0 Å². The molecule has 0 fully saturated rings. The molecule has 0 aliphatic rings. The molecule has 3 rings (SSSR count). The summed E-state index contributed by atoms with van der Waals surface area (Å²) in [6.07, 6.45) is 2.59. The van der Waals surface area contributed by atoms with E-state index in [9.17, 15) is 13.2 Å². The second kappa shape index (κ2) is 7.11. The zero-order chi connectivity index (χ0) is 18.0. The minimum atomic E-state index is -3.33. The number of fused-ring (bicyclic) bond motifs is 1. The van der Waals surface area contributed by atoms with Gasteiger partial charge in [-0.2, -0.15) is 0 Å². The number of carbonyl (C=O) groups is 1. The largest absolute Gasteiger partial charge is 0.293 e. The first-order chi connectivity index (χ1) is 11.8. The van der Waals surface area contributed by atoms with E-state index in [4.69, 9.17) is 0 Å². The molecule has 6 nitrogen and oxygen atoms in total. The monoisotopic (exact) mass is 393 g/mol. The Labute approximate surface area is 153 Å². The summed E-state index contributed by atoms with van der Waals surface area (Å²) in [5.74, 6) is -0.0436. The topological polar surface area (TPSA) is 89.0 Å². The van der Waals surface area contributed by atoms with Gasteiger partial charge in [-0.05, 0) is 42.6 Å². The summed E-state index contributed by atoms with van der Waals surface area (Å²) in [5, 5.41) is 3.35. The minimum Gasteiger partial charge on any atom is -0.293 e. The van der Waals surface area contributed by atoms with Gasteiger partial charge in [-0.3, -0.25) is 9.52 Å². The highest BCUT2D eigenvalue weighted by atomic mass is 32.2. The van der Waals surface area contributed by atoms with Gasteiger partial charge in [0.1, 0.15) is 16.2 Å². The number of carbonyl (C=O) groups excluding carboxylic acids is 1. The molecule has 0 bridgehead atoms. The summed E-state index contributed by atoms with van der Waals surface area (Å²) in [6.45, 7) is 1.83. The lowest BCUT2D eigenvalue weighted by Crippen LogP contribution is -2.14. The lowest BCUT2D eigenvalue weighted by atomic mass is 10.1. The van der Waals surface area contributed by atoms with Crippen LogP contribution in [0.2, 0.25) is 0 Å². The van der Waals surface area contributed by atoms with E-state index in [1.54, 1.807) is 24.3 Å². The third-order valence-corrected chi connectivity index (χ3v) is 5.90. The van der Waals surface area contributed by atoms with E-state index in [2.05, 4.69) is 14.7 Å². The Morgan fingerprint density at radius 1 is 1.20 bits per heavy atom. The maximum Gasteiger partial charge on any atom is 0.229 e. The van der Waals surface area contributed by atoms with E-state index < -0.39 is 10.0 Å². The van der Waals surface area contributed by atoms with Gasteiger partial charge in [0, 0.05) is 16.6 Å². The number of Topliss-reactive ketones (excluding diaryl/α,β-unsaturated/α-hetero) is 1. The molecule has 2 heterocycles. The highest BCUT2D eigenvalue weighted by Gasteiger charge is 2.19. The summed E-state index contributed by atoms with van der Waals surface area (Å²) < 4.78 is 24.8. The van der Waals surface area contributed by atoms with Gasteiger partial charge >= 0.3 is 0 Å². The number of aromatic nitrogens is 2. The minimum absolute atomic E-state index is 0.0436. The standard InChI is InChI=1S/C16H15N3O3S3/c1-10(24-16-13-7-8-23-15(13)17-9-18-16)14(20)11-3-5-12(6-4-11)19-25(2,21)22/h3-10,19H,1-2H3/t10-/m1/s1. The Bertz CT molecular complexity index is 1010. The Kier molecular flexibility index (Phi) is 5.07. The van der Waals surface area contributed by atoms with Crippen LogP contribution in [0.1, 0.15) is 17.3 Å². The lowest BCUT2D eigenvalue weighted by Gasteiger charge is -2.11. The zero-order valence-electron chi connectivity index (χ0n) is 13.5. The molecule has 1 N–H and O–H groups in total. The van der Waals surface area contributed by atoms with Crippen LogP contribution >= 0.6 is 23.1 Å². The predicted octanol–water partition coefficient (Wildman–Crippen LogP) is 3.43. The maximum absolute atomic E-state index is 12.6. The fourth-order valence-electron chi connectivity index (χ4n) is 2.23. The van der Waals surface area contributed by atoms with Gasteiger partial charge in [-0.25, -0.2) is 18.4 Å². The van der Waals surface area contributed by atoms with Crippen LogP contribution in [0.15, 0.2) is 47.1 Å². The number of rotatable bonds is 6. The SMILES string of the molecule is C[C@@H](Sc1ncnc2sccc12)C(=O)c1ccc(NS(C)(=O)=O)cc1. The molecule has 0 unspecified atom stereocenters. The molecule has 0 saturated carbocycles. The molecule has 25 heavy (non-hydrogen) atoms. The first-order valence-electron chi connectivity index (χ1n) is 7.30. The molecule has 1 atom stereocenters. The third kappa shape index (κ3) is 4.36. The number of nitrogens with zero attached hydrogens (tertiary/aromatic N) is 2. The Morgan fingerprint density at radius 2 is 1.92 bits per heavy atom. The summed E-state index contributed by atoms with van der Waals surface area (Å²) in [4.78, 5) is 22.0. The van der Waals surface area contributed by atoms with Crippen LogP contribution in [-0.4, -0.2) is 35.7 Å². The van der Waals surface area contributed by atoms with Crippen molar-refractivity contribution >= 4 is 54.8 Å². The molecule has 0 aliphatic carbocycles. The van der Waals surface area contributed by atoms with Crippen LogP contribution in [0, 0.1) is 0 Å². The summed E-state index contributed by atoms with van der Waals surface area (Å²) in [6, 6.07) is 8.34. The van der Waals surface area contributed by atoms with Crippen molar-refractivity contribution in [2.45, 2.75) is 17.2 Å². The molecule has 130 valence electrons. The van der Waals surface area contributed by atoms with Crippen molar-refractivity contribution in [2.75, 3.05) is 11.0 Å². The average Bonchev–Trinajstić information content (AvgIpc) is 3.03. The number of benzene rings is 1. The highest BCUT2D eigenvalue weighted by Crippen LogP contribution is 2.31.